The monoisotopic (exact) mass is 533 g/mol. The average Bonchev–Trinajstić information content (AvgIpc) is 3.25. The fraction of sp³-hybridized carbons (Fsp3) is 0.300. The molecule has 1 saturated heterocycles. The van der Waals surface area contributed by atoms with Crippen molar-refractivity contribution < 1.29 is 28.2 Å². The fourth-order valence-corrected chi connectivity index (χ4v) is 4.31. The van der Waals surface area contributed by atoms with E-state index >= 15 is 0 Å². The third kappa shape index (κ3) is 6.93. The summed E-state index contributed by atoms with van der Waals surface area (Å²) in [5.74, 6) is -0.0467. The van der Waals surface area contributed by atoms with E-state index in [1.165, 1.54) is 24.1 Å². The van der Waals surface area contributed by atoms with Gasteiger partial charge >= 0.3 is 6.09 Å². The van der Waals surface area contributed by atoms with Crippen molar-refractivity contribution in [3.63, 3.8) is 0 Å². The normalized spacial score (nSPS) is 16.6. The molecule has 0 aliphatic carbocycles. The number of benzene rings is 3. The van der Waals surface area contributed by atoms with Gasteiger partial charge in [-0.2, -0.15) is 0 Å². The van der Waals surface area contributed by atoms with Crippen LogP contribution in [0.2, 0.25) is 0 Å². The molecule has 0 aromatic heterocycles. The molecule has 0 saturated carbocycles. The molecule has 1 aliphatic heterocycles. The van der Waals surface area contributed by atoms with Gasteiger partial charge in [0.2, 0.25) is 5.91 Å². The SMILES string of the molecule is COc1cccc(C(=O)Nc2ccc([C@H]3OC(=O)N(Cc4ccc(F)cc4)[C@@H]3C(=O)NCCC(C)C)cc2)c1. The molecule has 3 aromatic carbocycles. The Morgan fingerprint density at radius 1 is 1.05 bits per heavy atom. The van der Waals surface area contributed by atoms with Gasteiger partial charge in [-0.05, 0) is 65.9 Å². The molecule has 4 rings (SSSR count). The molecule has 0 bridgehead atoms. The summed E-state index contributed by atoms with van der Waals surface area (Å²) in [6.07, 6.45) is -0.707. The number of methoxy groups -OCH3 is 1. The van der Waals surface area contributed by atoms with Gasteiger partial charge in [0.25, 0.3) is 5.91 Å². The van der Waals surface area contributed by atoms with Crippen LogP contribution in [0.4, 0.5) is 14.9 Å². The third-order valence-corrected chi connectivity index (χ3v) is 6.47. The smallest absolute Gasteiger partial charge is 0.411 e. The number of cyclic esters (lactones) is 1. The Morgan fingerprint density at radius 2 is 1.77 bits per heavy atom. The van der Waals surface area contributed by atoms with E-state index in [4.69, 9.17) is 9.47 Å². The zero-order valence-electron chi connectivity index (χ0n) is 22.1. The van der Waals surface area contributed by atoms with E-state index in [9.17, 15) is 18.8 Å². The molecule has 0 unspecified atom stereocenters. The zero-order chi connectivity index (χ0) is 27.9. The summed E-state index contributed by atoms with van der Waals surface area (Å²) in [6, 6.07) is 18.5. The predicted molar refractivity (Wildman–Crippen MR) is 145 cm³/mol. The van der Waals surface area contributed by atoms with Gasteiger partial charge in [0.1, 0.15) is 11.6 Å². The van der Waals surface area contributed by atoms with E-state index in [0.29, 0.717) is 40.6 Å². The minimum Gasteiger partial charge on any atom is -0.497 e. The van der Waals surface area contributed by atoms with Crippen LogP contribution in [0.3, 0.4) is 0 Å². The maximum absolute atomic E-state index is 13.4. The highest BCUT2D eigenvalue weighted by Gasteiger charge is 2.46. The number of anilines is 1. The summed E-state index contributed by atoms with van der Waals surface area (Å²) < 4.78 is 24.3. The molecule has 8 nitrogen and oxygen atoms in total. The number of hydrogen-bond acceptors (Lipinski definition) is 5. The highest BCUT2D eigenvalue weighted by Crippen LogP contribution is 2.34. The van der Waals surface area contributed by atoms with Gasteiger partial charge in [0.15, 0.2) is 12.1 Å². The first-order chi connectivity index (χ1) is 18.7. The van der Waals surface area contributed by atoms with Crippen molar-refractivity contribution in [3.05, 3.63) is 95.3 Å². The molecule has 3 amide bonds. The molecule has 204 valence electrons. The van der Waals surface area contributed by atoms with Crippen molar-refractivity contribution in [2.75, 3.05) is 19.0 Å². The average molecular weight is 534 g/mol. The van der Waals surface area contributed by atoms with Gasteiger partial charge in [-0.1, -0.05) is 44.2 Å². The molecule has 0 radical (unpaired) electrons. The van der Waals surface area contributed by atoms with Crippen LogP contribution in [0, 0.1) is 11.7 Å². The van der Waals surface area contributed by atoms with E-state index in [-0.39, 0.29) is 24.2 Å². The Morgan fingerprint density at radius 3 is 2.44 bits per heavy atom. The Hall–Kier alpha value is -4.40. The standard InChI is InChI=1S/C30H32FN3O5/c1-19(2)15-16-32-29(36)26-27(39-30(37)34(26)18-20-7-11-23(31)12-8-20)21-9-13-24(14-10-21)33-28(35)22-5-4-6-25(17-22)38-3/h4-14,17,19,26-27H,15-16,18H2,1-3H3,(H,32,36)(H,33,35)/t26-,27+/m0/s1. The summed E-state index contributed by atoms with van der Waals surface area (Å²) in [6.45, 7) is 4.68. The molecule has 39 heavy (non-hydrogen) atoms. The van der Waals surface area contributed by atoms with Crippen molar-refractivity contribution in [1.82, 2.24) is 10.2 Å². The van der Waals surface area contributed by atoms with Crippen molar-refractivity contribution in [3.8, 4) is 5.75 Å². The molecule has 0 spiro atoms. The van der Waals surface area contributed by atoms with Crippen LogP contribution >= 0.6 is 0 Å². The number of halogens is 1. The van der Waals surface area contributed by atoms with Crippen LogP contribution in [0.5, 0.6) is 5.75 Å². The van der Waals surface area contributed by atoms with Crippen LogP contribution in [0.25, 0.3) is 0 Å². The lowest BCUT2D eigenvalue weighted by molar-refractivity contribution is -0.126. The number of nitrogens with one attached hydrogen (secondary N) is 2. The van der Waals surface area contributed by atoms with Crippen molar-refractivity contribution in [1.29, 1.82) is 0 Å². The second-order valence-electron chi connectivity index (χ2n) is 9.79. The molecular formula is C30H32FN3O5. The quantitative estimate of drug-likeness (QED) is 0.368. The predicted octanol–water partition coefficient (Wildman–Crippen LogP) is 5.31. The molecule has 2 atom stereocenters. The van der Waals surface area contributed by atoms with E-state index in [0.717, 1.165) is 6.42 Å². The lowest BCUT2D eigenvalue weighted by Crippen LogP contribution is -2.46. The van der Waals surface area contributed by atoms with E-state index in [1.807, 2.05) is 0 Å². The summed E-state index contributed by atoms with van der Waals surface area (Å²) in [5.41, 5.74) is 2.26. The van der Waals surface area contributed by atoms with Gasteiger partial charge in [-0.3, -0.25) is 14.5 Å². The highest BCUT2D eigenvalue weighted by molar-refractivity contribution is 6.04. The number of carbonyl (C=O) groups is 3. The Labute approximate surface area is 227 Å². The Balaban J connectivity index is 1.53. The van der Waals surface area contributed by atoms with Crippen LogP contribution < -0.4 is 15.4 Å². The first-order valence-corrected chi connectivity index (χ1v) is 12.8. The topological polar surface area (TPSA) is 97.0 Å². The van der Waals surface area contributed by atoms with E-state index in [2.05, 4.69) is 24.5 Å². The fourth-order valence-electron chi connectivity index (χ4n) is 4.31. The van der Waals surface area contributed by atoms with Gasteiger partial charge < -0.3 is 20.1 Å². The van der Waals surface area contributed by atoms with E-state index in [1.54, 1.807) is 60.7 Å². The number of hydrogen-bond donors (Lipinski definition) is 2. The molecule has 9 heteroatoms. The van der Waals surface area contributed by atoms with Gasteiger partial charge in [-0.15, -0.1) is 0 Å². The van der Waals surface area contributed by atoms with Crippen LogP contribution in [0.15, 0.2) is 72.8 Å². The first kappa shape index (κ1) is 27.6. The van der Waals surface area contributed by atoms with E-state index < -0.39 is 18.2 Å². The minimum atomic E-state index is -0.924. The summed E-state index contributed by atoms with van der Waals surface area (Å²) in [4.78, 5) is 40.3. The van der Waals surface area contributed by atoms with Crippen LogP contribution in [-0.2, 0) is 16.1 Å². The number of rotatable bonds is 10. The van der Waals surface area contributed by atoms with Crippen molar-refractivity contribution in [2.45, 2.75) is 39.0 Å². The lowest BCUT2D eigenvalue weighted by atomic mass is 10.00. The molecule has 3 aromatic rings. The lowest BCUT2D eigenvalue weighted by Gasteiger charge is -2.24. The summed E-state index contributed by atoms with van der Waals surface area (Å²) in [7, 11) is 1.53. The zero-order valence-corrected chi connectivity index (χ0v) is 22.1. The summed E-state index contributed by atoms with van der Waals surface area (Å²) >= 11 is 0. The number of ether oxygens (including phenoxy) is 2. The second-order valence-corrected chi connectivity index (χ2v) is 9.79. The maximum atomic E-state index is 13.4. The minimum absolute atomic E-state index is 0.0898. The molecule has 2 N–H and O–H groups in total. The van der Waals surface area contributed by atoms with Crippen LogP contribution in [-0.4, -0.2) is 42.5 Å². The van der Waals surface area contributed by atoms with Gasteiger partial charge in [0.05, 0.1) is 13.7 Å². The molecular weight excluding hydrogens is 501 g/mol. The Kier molecular flexibility index (Phi) is 8.81. The maximum Gasteiger partial charge on any atom is 0.411 e. The number of nitrogens with zero attached hydrogens (tertiary/aromatic N) is 1. The molecule has 1 aliphatic rings. The van der Waals surface area contributed by atoms with Crippen molar-refractivity contribution >= 4 is 23.6 Å². The largest absolute Gasteiger partial charge is 0.497 e. The van der Waals surface area contributed by atoms with Crippen molar-refractivity contribution in [2.24, 2.45) is 5.92 Å². The number of carbonyl (C=O) groups excluding carboxylic acids is 3. The third-order valence-electron chi connectivity index (χ3n) is 6.47. The van der Waals surface area contributed by atoms with Crippen LogP contribution in [0.1, 0.15) is 47.9 Å². The second kappa shape index (κ2) is 12.4. The van der Waals surface area contributed by atoms with Gasteiger partial charge in [0, 0.05) is 17.8 Å². The molecule has 1 fully saturated rings. The molecule has 1 heterocycles. The van der Waals surface area contributed by atoms with Gasteiger partial charge in [-0.25, -0.2) is 9.18 Å². The highest BCUT2D eigenvalue weighted by atomic mass is 19.1. The first-order valence-electron chi connectivity index (χ1n) is 12.8. The number of amides is 3. The Bertz CT molecular complexity index is 1310. The summed E-state index contributed by atoms with van der Waals surface area (Å²) in [5, 5.41) is 5.76.